The Bertz CT molecular complexity index is 764. The molecule has 0 saturated carbocycles. The Balaban J connectivity index is 1.55. The fraction of sp³-hybridized carbons (Fsp3) is 0.500. The number of nitrogens with zero attached hydrogens (tertiary/aromatic N) is 4. The van der Waals surface area contributed by atoms with Crippen molar-refractivity contribution in [3.05, 3.63) is 47.3 Å². The van der Waals surface area contributed by atoms with Crippen molar-refractivity contribution < 1.29 is 13.9 Å². The fourth-order valence-corrected chi connectivity index (χ4v) is 3.29. The molecule has 1 aliphatic heterocycles. The SMILES string of the molecule is COCCn1cnnc1CCNC(=O)N1CCc2ccc(F)cc2[C@@H]1C. The number of methoxy groups -OCH3 is 1. The average Bonchev–Trinajstić information content (AvgIpc) is 3.08. The van der Waals surface area contributed by atoms with Gasteiger partial charge in [0.1, 0.15) is 18.0 Å². The van der Waals surface area contributed by atoms with E-state index in [1.807, 2.05) is 17.6 Å². The lowest BCUT2D eigenvalue weighted by molar-refractivity contribution is 0.174. The summed E-state index contributed by atoms with van der Waals surface area (Å²) in [6.45, 7) is 4.27. The lowest BCUT2D eigenvalue weighted by atomic mass is 9.94. The normalized spacial score (nSPS) is 16.4. The van der Waals surface area contributed by atoms with E-state index in [0.29, 0.717) is 32.7 Å². The predicted octanol–water partition coefficient (Wildman–Crippen LogP) is 1.93. The molecule has 7 nitrogen and oxygen atoms in total. The molecule has 0 fully saturated rings. The second-order valence-electron chi connectivity index (χ2n) is 6.38. The second kappa shape index (κ2) is 8.27. The molecule has 1 aromatic heterocycles. The van der Waals surface area contributed by atoms with E-state index in [-0.39, 0.29) is 17.9 Å². The standard InChI is InChI=1S/C18H24FN5O2/c1-13-16-11-15(19)4-3-14(16)6-8-24(13)18(25)20-7-5-17-22-21-12-23(17)9-10-26-2/h3-4,11-13H,5-10H2,1-2H3,(H,20,25)/t13-/m0/s1. The van der Waals surface area contributed by atoms with Gasteiger partial charge in [-0.05, 0) is 36.6 Å². The molecule has 1 aliphatic rings. The first-order valence-corrected chi connectivity index (χ1v) is 8.78. The maximum Gasteiger partial charge on any atom is 0.317 e. The molecule has 1 atom stereocenters. The van der Waals surface area contributed by atoms with Gasteiger partial charge in [-0.3, -0.25) is 0 Å². The van der Waals surface area contributed by atoms with Crippen LogP contribution in [0.1, 0.15) is 29.9 Å². The van der Waals surface area contributed by atoms with Gasteiger partial charge in [-0.15, -0.1) is 10.2 Å². The van der Waals surface area contributed by atoms with Crippen LogP contribution < -0.4 is 5.32 Å². The molecular weight excluding hydrogens is 337 g/mol. The quantitative estimate of drug-likeness (QED) is 0.853. The first-order valence-electron chi connectivity index (χ1n) is 8.78. The number of carbonyl (C=O) groups is 1. The summed E-state index contributed by atoms with van der Waals surface area (Å²) in [5, 5.41) is 10.9. The Hall–Kier alpha value is -2.48. The summed E-state index contributed by atoms with van der Waals surface area (Å²) in [6, 6.07) is 4.51. The first-order chi connectivity index (χ1) is 12.6. The molecule has 0 bridgehead atoms. The summed E-state index contributed by atoms with van der Waals surface area (Å²) in [5.74, 6) is 0.537. The highest BCUT2D eigenvalue weighted by atomic mass is 19.1. The second-order valence-corrected chi connectivity index (χ2v) is 6.38. The zero-order valence-electron chi connectivity index (χ0n) is 15.1. The minimum Gasteiger partial charge on any atom is -0.383 e. The van der Waals surface area contributed by atoms with Gasteiger partial charge >= 0.3 is 6.03 Å². The Morgan fingerprint density at radius 1 is 1.46 bits per heavy atom. The van der Waals surface area contributed by atoms with E-state index in [0.717, 1.165) is 23.4 Å². The summed E-state index contributed by atoms with van der Waals surface area (Å²) in [7, 11) is 1.65. The molecule has 0 saturated heterocycles. The van der Waals surface area contributed by atoms with Gasteiger partial charge in [-0.2, -0.15) is 0 Å². The van der Waals surface area contributed by atoms with E-state index < -0.39 is 0 Å². The third-order valence-corrected chi connectivity index (χ3v) is 4.77. The predicted molar refractivity (Wildman–Crippen MR) is 94.2 cm³/mol. The van der Waals surface area contributed by atoms with Gasteiger partial charge in [0, 0.05) is 33.2 Å². The third kappa shape index (κ3) is 4.01. The van der Waals surface area contributed by atoms with Gasteiger partial charge in [-0.25, -0.2) is 9.18 Å². The molecule has 0 aliphatic carbocycles. The van der Waals surface area contributed by atoms with Crippen LogP contribution >= 0.6 is 0 Å². The molecule has 0 spiro atoms. The van der Waals surface area contributed by atoms with E-state index in [4.69, 9.17) is 4.74 Å². The van der Waals surface area contributed by atoms with Crippen LogP contribution in [0.3, 0.4) is 0 Å². The van der Waals surface area contributed by atoms with Crippen LogP contribution in [-0.2, 0) is 24.1 Å². The number of urea groups is 1. The van der Waals surface area contributed by atoms with Crippen LogP contribution in [0.2, 0.25) is 0 Å². The summed E-state index contributed by atoms with van der Waals surface area (Å²) < 4.78 is 20.5. The number of hydrogen-bond acceptors (Lipinski definition) is 4. The zero-order chi connectivity index (χ0) is 18.5. The maximum absolute atomic E-state index is 13.5. The highest BCUT2D eigenvalue weighted by Crippen LogP contribution is 2.29. The highest BCUT2D eigenvalue weighted by molar-refractivity contribution is 5.75. The lowest BCUT2D eigenvalue weighted by Crippen LogP contribution is -2.45. The Kier molecular flexibility index (Phi) is 5.82. The number of ether oxygens (including phenoxy) is 1. The van der Waals surface area contributed by atoms with Gasteiger partial charge in [0.05, 0.1) is 12.6 Å². The number of benzene rings is 1. The Labute approximate surface area is 152 Å². The van der Waals surface area contributed by atoms with E-state index in [1.54, 1.807) is 18.3 Å². The van der Waals surface area contributed by atoms with Gasteiger partial charge in [0.15, 0.2) is 0 Å². The number of carbonyl (C=O) groups excluding carboxylic acids is 1. The summed E-state index contributed by atoms with van der Waals surface area (Å²) in [4.78, 5) is 14.3. The molecule has 1 N–H and O–H groups in total. The summed E-state index contributed by atoms with van der Waals surface area (Å²) >= 11 is 0. The number of aromatic nitrogens is 3. The van der Waals surface area contributed by atoms with Gasteiger partial charge in [0.2, 0.25) is 0 Å². The van der Waals surface area contributed by atoms with E-state index in [9.17, 15) is 9.18 Å². The van der Waals surface area contributed by atoms with Gasteiger partial charge in [0.25, 0.3) is 0 Å². The monoisotopic (exact) mass is 361 g/mol. The topological polar surface area (TPSA) is 72.3 Å². The van der Waals surface area contributed by atoms with Crippen molar-refractivity contribution in [1.82, 2.24) is 25.0 Å². The van der Waals surface area contributed by atoms with E-state index in [2.05, 4.69) is 15.5 Å². The average molecular weight is 361 g/mol. The molecular formula is C18H24FN5O2. The largest absolute Gasteiger partial charge is 0.383 e. The molecule has 26 heavy (non-hydrogen) atoms. The summed E-state index contributed by atoms with van der Waals surface area (Å²) in [6.07, 6.45) is 2.98. The van der Waals surface area contributed by atoms with Crippen LogP contribution in [0.25, 0.3) is 0 Å². The minimum atomic E-state index is -0.270. The number of fused-ring (bicyclic) bond motifs is 1. The number of rotatable bonds is 6. The van der Waals surface area contributed by atoms with Crippen LogP contribution in [0.15, 0.2) is 24.5 Å². The molecule has 8 heteroatoms. The van der Waals surface area contributed by atoms with E-state index >= 15 is 0 Å². The highest BCUT2D eigenvalue weighted by Gasteiger charge is 2.27. The van der Waals surface area contributed by atoms with Crippen molar-refractivity contribution in [1.29, 1.82) is 0 Å². The molecule has 0 unspecified atom stereocenters. The number of hydrogen-bond donors (Lipinski definition) is 1. The molecule has 2 amide bonds. The molecule has 1 aromatic carbocycles. The minimum absolute atomic E-state index is 0.143. The third-order valence-electron chi connectivity index (χ3n) is 4.77. The maximum atomic E-state index is 13.5. The summed E-state index contributed by atoms with van der Waals surface area (Å²) in [5.41, 5.74) is 1.99. The number of halogens is 1. The number of amides is 2. The molecule has 0 radical (unpaired) electrons. The van der Waals surface area contributed by atoms with Crippen LogP contribution in [0, 0.1) is 5.82 Å². The zero-order valence-corrected chi connectivity index (χ0v) is 15.1. The van der Waals surface area contributed by atoms with Crippen molar-refractivity contribution >= 4 is 6.03 Å². The lowest BCUT2D eigenvalue weighted by Gasteiger charge is -2.35. The van der Waals surface area contributed by atoms with Crippen molar-refractivity contribution in [3.63, 3.8) is 0 Å². The Morgan fingerprint density at radius 3 is 3.12 bits per heavy atom. The Morgan fingerprint density at radius 2 is 2.31 bits per heavy atom. The van der Waals surface area contributed by atoms with Crippen LogP contribution in [0.5, 0.6) is 0 Å². The molecule has 3 rings (SSSR count). The fourth-order valence-electron chi connectivity index (χ4n) is 3.29. The molecule has 2 aromatic rings. The van der Waals surface area contributed by atoms with Crippen LogP contribution in [0.4, 0.5) is 9.18 Å². The van der Waals surface area contributed by atoms with E-state index in [1.165, 1.54) is 12.1 Å². The van der Waals surface area contributed by atoms with Crippen molar-refractivity contribution in [2.75, 3.05) is 26.8 Å². The van der Waals surface area contributed by atoms with Crippen molar-refractivity contribution in [3.8, 4) is 0 Å². The molecule has 140 valence electrons. The smallest absolute Gasteiger partial charge is 0.317 e. The molecule has 2 heterocycles. The van der Waals surface area contributed by atoms with Crippen molar-refractivity contribution in [2.45, 2.75) is 32.4 Å². The van der Waals surface area contributed by atoms with Crippen LogP contribution in [-0.4, -0.2) is 52.5 Å². The van der Waals surface area contributed by atoms with Gasteiger partial charge < -0.3 is 19.5 Å². The first kappa shape index (κ1) is 18.3. The van der Waals surface area contributed by atoms with Crippen molar-refractivity contribution in [2.24, 2.45) is 0 Å². The number of nitrogens with one attached hydrogen (secondary N) is 1. The van der Waals surface area contributed by atoms with Gasteiger partial charge in [-0.1, -0.05) is 6.07 Å².